The number of hydrogen-bond acceptors (Lipinski definition) is 4. The lowest BCUT2D eigenvalue weighted by atomic mass is 10.1. The number of aryl methyl sites for hydroxylation is 1. The minimum Gasteiger partial charge on any atom is -0.320 e. The summed E-state index contributed by atoms with van der Waals surface area (Å²) in [5, 5.41) is 7.64. The zero-order valence-corrected chi connectivity index (χ0v) is 10.6. The summed E-state index contributed by atoms with van der Waals surface area (Å²) in [4.78, 5) is 13.9. The average Bonchev–Trinajstić information content (AvgIpc) is 2.80. The molecule has 0 unspecified atom stereocenters. The predicted molar refractivity (Wildman–Crippen MR) is 74.2 cm³/mol. The molecule has 2 aromatic heterocycles. The average molecular weight is 257 g/mol. The van der Waals surface area contributed by atoms with Crippen LogP contribution in [0.5, 0.6) is 0 Å². The summed E-state index contributed by atoms with van der Waals surface area (Å²) in [6, 6.07) is 9.43. The summed E-state index contributed by atoms with van der Waals surface area (Å²) in [5.41, 5.74) is 1.63. The van der Waals surface area contributed by atoms with Gasteiger partial charge in [-0.15, -0.1) is 21.2 Å². The zero-order chi connectivity index (χ0) is 12.7. The molecule has 3 rings (SSSR count). The lowest BCUT2D eigenvalue weighted by Crippen LogP contribution is -2.30. The second-order valence-corrected chi connectivity index (χ2v) is 4.99. The van der Waals surface area contributed by atoms with Crippen molar-refractivity contribution in [2.75, 3.05) is 5.84 Å². The van der Waals surface area contributed by atoms with Crippen LogP contribution >= 0.6 is 11.3 Å². The highest BCUT2D eigenvalue weighted by Crippen LogP contribution is 2.31. The summed E-state index contributed by atoms with van der Waals surface area (Å²) in [6.45, 7) is 2.02. The van der Waals surface area contributed by atoms with E-state index in [0.717, 1.165) is 26.3 Å². The fraction of sp³-hybridized carbons (Fsp3) is 0.0769. The molecule has 2 heterocycles. The van der Waals surface area contributed by atoms with Gasteiger partial charge in [0, 0.05) is 5.39 Å². The number of rotatable bonds is 1. The molecular weight excluding hydrogens is 246 g/mol. The fourth-order valence-corrected chi connectivity index (χ4v) is 2.91. The lowest BCUT2D eigenvalue weighted by molar-refractivity contribution is 0.781. The van der Waals surface area contributed by atoms with Gasteiger partial charge in [-0.25, -0.2) is 0 Å². The van der Waals surface area contributed by atoms with Crippen molar-refractivity contribution in [1.82, 2.24) is 9.89 Å². The van der Waals surface area contributed by atoms with E-state index in [1.54, 1.807) is 17.4 Å². The highest BCUT2D eigenvalue weighted by atomic mass is 32.1. The first kappa shape index (κ1) is 11.0. The molecule has 2 N–H and O–H groups in total. The summed E-state index contributed by atoms with van der Waals surface area (Å²) in [6.07, 6.45) is 0. The number of fused-ring (bicyclic) bond motifs is 1. The Morgan fingerprint density at radius 2 is 1.94 bits per heavy atom. The monoisotopic (exact) mass is 257 g/mol. The maximum Gasteiger partial charge on any atom is 0.293 e. The number of benzene rings is 1. The topological polar surface area (TPSA) is 60.9 Å². The van der Waals surface area contributed by atoms with Gasteiger partial charge in [-0.05, 0) is 30.0 Å². The minimum absolute atomic E-state index is 0.274. The predicted octanol–water partition coefficient (Wildman–Crippen LogP) is 2.15. The van der Waals surface area contributed by atoms with Crippen LogP contribution in [-0.4, -0.2) is 9.89 Å². The normalized spacial score (nSPS) is 10.9. The van der Waals surface area contributed by atoms with Crippen molar-refractivity contribution in [3.63, 3.8) is 0 Å². The van der Waals surface area contributed by atoms with Gasteiger partial charge in [-0.1, -0.05) is 18.2 Å². The van der Waals surface area contributed by atoms with E-state index < -0.39 is 0 Å². The van der Waals surface area contributed by atoms with Crippen LogP contribution in [0.4, 0.5) is 0 Å². The summed E-state index contributed by atoms with van der Waals surface area (Å²) in [7, 11) is 0. The Morgan fingerprint density at radius 1 is 1.22 bits per heavy atom. The van der Waals surface area contributed by atoms with E-state index in [4.69, 9.17) is 5.84 Å². The molecule has 0 radical (unpaired) electrons. The fourth-order valence-electron chi connectivity index (χ4n) is 1.99. The van der Waals surface area contributed by atoms with E-state index in [1.165, 1.54) is 0 Å². The van der Waals surface area contributed by atoms with Crippen molar-refractivity contribution in [3.8, 4) is 10.6 Å². The Labute approximate surface area is 107 Å². The van der Waals surface area contributed by atoms with Crippen LogP contribution in [0.15, 0.2) is 40.5 Å². The van der Waals surface area contributed by atoms with Crippen molar-refractivity contribution in [2.24, 2.45) is 0 Å². The Balaban J connectivity index is 2.48. The van der Waals surface area contributed by atoms with Crippen LogP contribution in [0.25, 0.3) is 21.3 Å². The Morgan fingerprint density at radius 3 is 2.61 bits per heavy atom. The van der Waals surface area contributed by atoms with Crippen molar-refractivity contribution < 1.29 is 0 Å². The Kier molecular flexibility index (Phi) is 2.41. The van der Waals surface area contributed by atoms with Gasteiger partial charge in [0.05, 0.1) is 10.3 Å². The molecular formula is C13H11N3OS. The van der Waals surface area contributed by atoms with Crippen molar-refractivity contribution in [3.05, 3.63) is 51.6 Å². The third-order valence-electron chi connectivity index (χ3n) is 2.91. The number of nitrogens with two attached hydrogens (primary N) is 1. The third-order valence-corrected chi connectivity index (χ3v) is 3.93. The molecule has 0 saturated heterocycles. The molecule has 0 fully saturated rings. The molecule has 18 heavy (non-hydrogen) atoms. The smallest absolute Gasteiger partial charge is 0.293 e. The molecule has 90 valence electrons. The second kappa shape index (κ2) is 3.96. The van der Waals surface area contributed by atoms with Gasteiger partial charge in [-0.3, -0.25) is 4.79 Å². The van der Waals surface area contributed by atoms with Crippen molar-refractivity contribution in [1.29, 1.82) is 0 Å². The molecule has 0 aliphatic rings. The van der Waals surface area contributed by atoms with Crippen LogP contribution in [0.1, 0.15) is 5.56 Å². The van der Waals surface area contributed by atoms with Crippen molar-refractivity contribution >= 4 is 22.1 Å². The summed E-state index contributed by atoms with van der Waals surface area (Å²) >= 11 is 1.60. The molecule has 3 aromatic rings. The summed E-state index contributed by atoms with van der Waals surface area (Å²) < 4.78 is 0. The molecule has 0 aliphatic carbocycles. The van der Waals surface area contributed by atoms with Gasteiger partial charge in [0.15, 0.2) is 0 Å². The van der Waals surface area contributed by atoms with E-state index in [0.29, 0.717) is 5.39 Å². The van der Waals surface area contributed by atoms with Gasteiger partial charge < -0.3 is 5.84 Å². The van der Waals surface area contributed by atoms with Crippen LogP contribution in [0, 0.1) is 6.92 Å². The molecule has 0 atom stereocenters. The maximum absolute atomic E-state index is 11.9. The summed E-state index contributed by atoms with van der Waals surface area (Å²) in [5.74, 6) is 5.64. The molecule has 0 amide bonds. The first-order chi connectivity index (χ1) is 8.68. The molecule has 5 heteroatoms. The van der Waals surface area contributed by atoms with Crippen LogP contribution in [0.2, 0.25) is 0 Å². The number of aromatic nitrogens is 2. The first-order valence-corrected chi connectivity index (χ1v) is 6.38. The number of nitrogens with zero attached hydrogens (tertiary/aromatic N) is 2. The molecule has 4 nitrogen and oxygen atoms in total. The van der Waals surface area contributed by atoms with Crippen LogP contribution in [0.3, 0.4) is 0 Å². The van der Waals surface area contributed by atoms with E-state index in [-0.39, 0.29) is 5.56 Å². The van der Waals surface area contributed by atoms with E-state index in [9.17, 15) is 4.79 Å². The highest BCUT2D eigenvalue weighted by molar-refractivity contribution is 7.13. The maximum atomic E-state index is 11.9. The van der Waals surface area contributed by atoms with Crippen LogP contribution in [-0.2, 0) is 0 Å². The first-order valence-electron chi connectivity index (χ1n) is 5.50. The SMILES string of the molecule is Cc1ccsc1-c1nn(N)c(=O)c2ccccc12. The highest BCUT2D eigenvalue weighted by Gasteiger charge is 2.13. The van der Waals surface area contributed by atoms with Gasteiger partial charge in [0.25, 0.3) is 5.56 Å². The van der Waals surface area contributed by atoms with Crippen molar-refractivity contribution in [2.45, 2.75) is 6.92 Å². The third kappa shape index (κ3) is 1.52. The van der Waals surface area contributed by atoms with Gasteiger partial charge in [-0.2, -0.15) is 0 Å². The van der Waals surface area contributed by atoms with Gasteiger partial charge in [0.2, 0.25) is 0 Å². The molecule has 0 bridgehead atoms. The number of hydrogen-bond donors (Lipinski definition) is 1. The van der Waals surface area contributed by atoms with Crippen LogP contribution < -0.4 is 11.4 Å². The largest absolute Gasteiger partial charge is 0.320 e. The molecule has 0 spiro atoms. The minimum atomic E-state index is -0.274. The Bertz CT molecular complexity index is 788. The standard InChI is InChI=1S/C13H11N3OS/c1-8-6-7-18-12(8)11-9-4-2-3-5-10(9)13(17)16(14)15-11/h2-7H,14H2,1H3. The van der Waals surface area contributed by atoms with Gasteiger partial charge in [0.1, 0.15) is 5.69 Å². The van der Waals surface area contributed by atoms with E-state index in [1.807, 2.05) is 36.6 Å². The van der Waals surface area contributed by atoms with Gasteiger partial charge >= 0.3 is 0 Å². The number of thiophene rings is 1. The molecule has 1 aromatic carbocycles. The lowest BCUT2D eigenvalue weighted by Gasteiger charge is -2.06. The Hall–Kier alpha value is -2.14. The quantitative estimate of drug-likeness (QED) is 0.679. The van der Waals surface area contributed by atoms with E-state index in [2.05, 4.69) is 5.10 Å². The number of nitrogen functional groups attached to an aromatic ring is 1. The zero-order valence-electron chi connectivity index (χ0n) is 9.75. The van der Waals surface area contributed by atoms with E-state index >= 15 is 0 Å². The molecule has 0 aliphatic heterocycles. The molecule has 0 saturated carbocycles. The second-order valence-electron chi connectivity index (χ2n) is 4.08.